The molecule has 3 rings (SSSR count). The lowest BCUT2D eigenvalue weighted by Gasteiger charge is -2.11. The lowest BCUT2D eigenvalue weighted by atomic mass is 10.3. The number of amides is 1. The average Bonchev–Trinajstić information content (AvgIpc) is 3.03. The maximum absolute atomic E-state index is 12.4. The molecule has 1 amide bonds. The molecule has 2 aromatic carbocycles. The maximum atomic E-state index is 12.4. The Labute approximate surface area is 142 Å². The van der Waals surface area contributed by atoms with Gasteiger partial charge in [-0.05, 0) is 65.1 Å². The Morgan fingerprint density at radius 2 is 1.77 bits per heavy atom. The van der Waals surface area contributed by atoms with Crippen LogP contribution in [-0.2, 0) is 0 Å². The van der Waals surface area contributed by atoms with E-state index < -0.39 is 0 Å². The van der Waals surface area contributed by atoms with Crippen LogP contribution < -0.4 is 10.9 Å². The Morgan fingerprint density at radius 1 is 0.955 bits per heavy atom. The van der Waals surface area contributed by atoms with E-state index in [1.165, 1.54) is 0 Å². The van der Waals surface area contributed by atoms with Gasteiger partial charge in [-0.25, -0.2) is 0 Å². The van der Waals surface area contributed by atoms with E-state index in [0.29, 0.717) is 5.69 Å². The Hall–Kier alpha value is -2.28. The van der Waals surface area contributed by atoms with Gasteiger partial charge in [0.15, 0.2) is 0 Å². The lowest BCUT2D eigenvalue weighted by Crippen LogP contribution is -2.30. The molecule has 0 aliphatic carbocycles. The molecule has 110 valence electrons. The molecule has 1 aromatic heterocycles. The van der Waals surface area contributed by atoms with E-state index in [2.05, 4.69) is 33.4 Å². The minimum atomic E-state index is -0.187. The van der Waals surface area contributed by atoms with Crippen LogP contribution in [0, 0.1) is 3.57 Å². The minimum absolute atomic E-state index is 0.187. The van der Waals surface area contributed by atoms with Crippen molar-refractivity contribution in [1.82, 2.24) is 9.99 Å². The van der Waals surface area contributed by atoms with Gasteiger partial charge in [-0.1, -0.05) is 24.3 Å². The molecule has 0 unspecified atom stereocenters. The summed E-state index contributed by atoms with van der Waals surface area (Å²) in [5.74, 6) is -0.187. The summed E-state index contributed by atoms with van der Waals surface area (Å²) in [4.78, 5) is 12.4. The standard InChI is InChI=1S/C17H14IN3O/c18-13-6-4-9-15(12-13)21-11-5-10-16(21)17(22)20-19-14-7-2-1-3-8-14/h1-12,19H,(H,20,22). The minimum Gasteiger partial charge on any atom is -0.312 e. The first-order chi connectivity index (χ1) is 10.7. The highest BCUT2D eigenvalue weighted by Crippen LogP contribution is 2.16. The van der Waals surface area contributed by atoms with Gasteiger partial charge in [0.2, 0.25) is 0 Å². The molecule has 22 heavy (non-hydrogen) atoms. The van der Waals surface area contributed by atoms with E-state index in [-0.39, 0.29) is 5.91 Å². The van der Waals surface area contributed by atoms with Gasteiger partial charge in [-0.3, -0.25) is 15.6 Å². The van der Waals surface area contributed by atoms with Gasteiger partial charge in [0.25, 0.3) is 5.91 Å². The highest BCUT2D eigenvalue weighted by atomic mass is 127. The lowest BCUT2D eigenvalue weighted by molar-refractivity contribution is 0.0956. The van der Waals surface area contributed by atoms with Gasteiger partial charge in [-0.2, -0.15) is 0 Å². The second-order valence-electron chi connectivity index (χ2n) is 4.69. The van der Waals surface area contributed by atoms with Crippen molar-refractivity contribution in [2.75, 3.05) is 5.43 Å². The Bertz CT molecular complexity index is 783. The third-order valence-corrected chi connectivity index (χ3v) is 3.83. The van der Waals surface area contributed by atoms with Gasteiger partial charge in [0.1, 0.15) is 5.69 Å². The number of para-hydroxylation sites is 1. The third kappa shape index (κ3) is 3.30. The van der Waals surface area contributed by atoms with Crippen molar-refractivity contribution in [3.8, 4) is 5.69 Å². The second kappa shape index (κ2) is 6.65. The van der Waals surface area contributed by atoms with Gasteiger partial charge in [0, 0.05) is 15.5 Å². The first kappa shape index (κ1) is 14.6. The number of hydrogen-bond acceptors (Lipinski definition) is 2. The smallest absolute Gasteiger partial charge is 0.286 e. The van der Waals surface area contributed by atoms with Gasteiger partial charge < -0.3 is 4.57 Å². The molecule has 0 aliphatic heterocycles. The number of nitrogens with one attached hydrogen (secondary N) is 2. The van der Waals surface area contributed by atoms with E-state index in [9.17, 15) is 4.79 Å². The number of anilines is 1. The Morgan fingerprint density at radius 3 is 2.55 bits per heavy atom. The van der Waals surface area contributed by atoms with Crippen LogP contribution in [0.15, 0.2) is 72.9 Å². The summed E-state index contributed by atoms with van der Waals surface area (Å²) in [5, 5.41) is 0. The van der Waals surface area contributed by atoms with E-state index in [1.54, 1.807) is 6.07 Å². The number of nitrogens with zero attached hydrogens (tertiary/aromatic N) is 1. The number of halogens is 1. The van der Waals surface area contributed by atoms with Gasteiger partial charge in [-0.15, -0.1) is 0 Å². The van der Waals surface area contributed by atoms with Crippen molar-refractivity contribution < 1.29 is 4.79 Å². The second-order valence-corrected chi connectivity index (χ2v) is 5.93. The fourth-order valence-corrected chi connectivity index (χ4v) is 2.66. The molecule has 0 saturated carbocycles. The van der Waals surface area contributed by atoms with Crippen molar-refractivity contribution in [2.45, 2.75) is 0 Å². The Kier molecular flexibility index (Phi) is 4.43. The van der Waals surface area contributed by atoms with E-state index >= 15 is 0 Å². The van der Waals surface area contributed by atoms with Crippen LogP contribution in [0.1, 0.15) is 10.5 Å². The van der Waals surface area contributed by atoms with Crippen LogP contribution in [0.3, 0.4) is 0 Å². The van der Waals surface area contributed by atoms with Crippen molar-refractivity contribution >= 4 is 34.2 Å². The number of aromatic nitrogens is 1. The van der Waals surface area contributed by atoms with Crippen LogP contribution in [0.25, 0.3) is 5.69 Å². The van der Waals surface area contributed by atoms with Crippen molar-refractivity contribution in [3.63, 3.8) is 0 Å². The number of rotatable bonds is 4. The first-order valence-electron chi connectivity index (χ1n) is 6.79. The van der Waals surface area contributed by atoms with E-state index in [1.807, 2.05) is 71.4 Å². The summed E-state index contributed by atoms with van der Waals surface area (Å²) in [6.45, 7) is 0. The number of benzene rings is 2. The molecule has 0 aliphatic rings. The highest BCUT2D eigenvalue weighted by molar-refractivity contribution is 14.1. The first-order valence-corrected chi connectivity index (χ1v) is 7.86. The van der Waals surface area contributed by atoms with Crippen LogP contribution in [0.4, 0.5) is 5.69 Å². The summed E-state index contributed by atoms with van der Waals surface area (Å²) in [7, 11) is 0. The fourth-order valence-electron chi connectivity index (χ4n) is 2.13. The molecule has 0 fully saturated rings. The monoisotopic (exact) mass is 403 g/mol. The molecule has 2 N–H and O–H groups in total. The number of carbonyl (C=O) groups is 1. The Balaban J connectivity index is 1.78. The summed E-state index contributed by atoms with van der Waals surface area (Å²) in [6.07, 6.45) is 1.88. The summed E-state index contributed by atoms with van der Waals surface area (Å²) in [5.41, 5.74) is 7.99. The topological polar surface area (TPSA) is 46.1 Å². The normalized spacial score (nSPS) is 10.2. The molecule has 0 bridgehead atoms. The molecule has 0 radical (unpaired) electrons. The molecular weight excluding hydrogens is 389 g/mol. The molecule has 0 spiro atoms. The van der Waals surface area contributed by atoms with Crippen molar-refractivity contribution in [3.05, 3.63) is 82.2 Å². The zero-order chi connectivity index (χ0) is 15.4. The van der Waals surface area contributed by atoms with Crippen LogP contribution in [-0.4, -0.2) is 10.5 Å². The maximum Gasteiger partial charge on any atom is 0.286 e. The quantitative estimate of drug-likeness (QED) is 0.514. The van der Waals surface area contributed by atoms with E-state index in [4.69, 9.17) is 0 Å². The summed E-state index contributed by atoms with van der Waals surface area (Å²) >= 11 is 2.26. The zero-order valence-corrected chi connectivity index (χ0v) is 13.8. The number of carbonyl (C=O) groups excluding carboxylic acids is 1. The molecule has 1 heterocycles. The van der Waals surface area contributed by atoms with Crippen LogP contribution in [0.2, 0.25) is 0 Å². The molecule has 0 atom stereocenters. The van der Waals surface area contributed by atoms with Crippen molar-refractivity contribution in [1.29, 1.82) is 0 Å². The SMILES string of the molecule is O=C(NNc1ccccc1)c1cccn1-c1cccc(I)c1. The van der Waals surface area contributed by atoms with Crippen LogP contribution >= 0.6 is 22.6 Å². The third-order valence-electron chi connectivity index (χ3n) is 3.16. The molecule has 5 heteroatoms. The predicted octanol–water partition coefficient (Wildman–Crippen LogP) is 3.84. The fraction of sp³-hybridized carbons (Fsp3) is 0. The highest BCUT2D eigenvalue weighted by Gasteiger charge is 2.11. The van der Waals surface area contributed by atoms with Gasteiger partial charge in [0.05, 0.1) is 5.69 Å². The largest absolute Gasteiger partial charge is 0.312 e. The average molecular weight is 403 g/mol. The molecule has 4 nitrogen and oxygen atoms in total. The van der Waals surface area contributed by atoms with E-state index in [0.717, 1.165) is 14.9 Å². The number of hydrogen-bond donors (Lipinski definition) is 2. The summed E-state index contributed by atoms with van der Waals surface area (Å²) < 4.78 is 2.99. The molecular formula is C17H14IN3O. The van der Waals surface area contributed by atoms with Crippen LogP contribution in [0.5, 0.6) is 0 Å². The van der Waals surface area contributed by atoms with Gasteiger partial charge >= 0.3 is 0 Å². The molecule has 0 saturated heterocycles. The number of hydrazine groups is 1. The summed E-state index contributed by atoms with van der Waals surface area (Å²) in [6, 6.07) is 21.2. The molecule has 3 aromatic rings. The van der Waals surface area contributed by atoms with Crippen molar-refractivity contribution in [2.24, 2.45) is 0 Å². The zero-order valence-electron chi connectivity index (χ0n) is 11.7. The predicted molar refractivity (Wildman–Crippen MR) is 96.0 cm³/mol.